The summed E-state index contributed by atoms with van der Waals surface area (Å²) in [5.41, 5.74) is 16.0. The maximum absolute atomic E-state index is 12.4. The van der Waals surface area contributed by atoms with E-state index in [9.17, 15) is 49.8 Å². The van der Waals surface area contributed by atoms with Gasteiger partial charge in [0.25, 0.3) is 0 Å². The van der Waals surface area contributed by atoms with Crippen molar-refractivity contribution in [3.63, 3.8) is 0 Å². The summed E-state index contributed by atoms with van der Waals surface area (Å²) in [4.78, 5) is 50.8. The molecule has 16 fully saturated rings. The number of likely N-dealkylation sites (N-methyl/N-ethyl adjacent to an activating group) is 1. The SMILES string of the molecule is CN(C)CCNC1CC[C@@]2(C)C(CC[C@@H]3[C@@H]2CC[C@]2(C)[C@@H](c4ccc(=O)oc4)CC[C@]32O)C1.C[C@@H]1O[C@@H](NC2C=C3CC[C@@H]4[C@H](CC[C@]5(C)[C@@H](c6ccc(=O)oc6)CC[C@]45O)[C@@]3(C)CC2)[C@H](O)[C@H](O)[C@H]1N.C[C@]12CCC(N)C=C1CC[C@@H]1[C@@H]2CC[C@]2(C)[C@@H](c3ccc(=O)oc3)CC[C@]12O.C[C@]12CCC(NCCN3CCOCC3)CC1CC[C@@H]1[C@@H]2CC[C@]2(C)[C@@H](c3ccc(=O)oc3)CC[C@]12O. The van der Waals surface area contributed by atoms with Gasteiger partial charge in [-0.3, -0.25) is 10.2 Å². The first-order chi connectivity index (χ1) is 64.3. The molecule has 0 aromatic carbocycles. The van der Waals surface area contributed by atoms with Gasteiger partial charge in [0.2, 0.25) is 0 Å². The third-order valence-corrected chi connectivity index (χ3v) is 44.1. The third-order valence-electron chi connectivity index (χ3n) is 44.1. The summed E-state index contributed by atoms with van der Waals surface area (Å²) >= 11 is 0. The van der Waals surface area contributed by atoms with E-state index in [-0.39, 0.29) is 103 Å². The van der Waals surface area contributed by atoms with Gasteiger partial charge in [0.15, 0.2) is 0 Å². The second-order valence-corrected chi connectivity index (χ2v) is 49.6. The Bertz CT molecular complexity index is 5100. The van der Waals surface area contributed by atoms with Gasteiger partial charge < -0.3 is 84.8 Å². The number of aliphatic hydroxyl groups excluding tert-OH is 2. The molecule has 0 amide bonds. The van der Waals surface area contributed by atoms with Gasteiger partial charge >= 0.3 is 22.5 Å². The van der Waals surface area contributed by atoms with Gasteiger partial charge in [0.1, 0.15) is 18.4 Å². The molecule has 2 saturated heterocycles. The van der Waals surface area contributed by atoms with E-state index in [0.717, 1.165) is 234 Å². The van der Waals surface area contributed by atoms with E-state index in [4.69, 9.17) is 38.6 Å². The molecule has 0 spiro atoms. The van der Waals surface area contributed by atoms with E-state index >= 15 is 0 Å². The molecule has 4 aromatic heterocycles. The zero-order valence-electron chi connectivity index (χ0n) is 83.4. The van der Waals surface area contributed by atoms with Gasteiger partial charge in [-0.05, 0) is 390 Å². The van der Waals surface area contributed by atoms with Crippen molar-refractivity contribution in [2.24, 2.45) is 114 Å². The van der Waals surface area contributed by atoms with E-state index < -0.39 is 46.9 Å². The minimum atomic E-state index is -1.07. The van der Waals surface area contributed by atoms with Crippen LogP contribution in [0.3, 0.4) is 0 Å². The van der Waals surface area contributed by atoms with Crippen molar-refractivity contribution < 1.29 is 57.8 Å². The molecule has 135 heavy (non-hydrogen) atoms. The Morgan fingerprint density at radius 2 is 0.807 bits per heavy atom. The number of hydrogen-bond donors (Lipinski definition) is 11. The molecule has 35 atom stereocenters. The van der Waals surface area contributed by atoms with Gasteiger partial charge in [0.05, 0.1) is 72.8 Å². The van der Waals surface area contributed by atoms with Crippen LogP contribution in [0.15, 0.2) is 134 Å². The van der Waals surface area contributed by atoms with Crippen molar-refractivity contribution in [2.75, 3.05) is 66.6 Å². The number of nitrogens with one attached hydrogen (secondary N) is 3. The second-order valence-electron chi connectivity index (χ2n) is 49.6. The number of fused-ring (bicyclic) bond motifs is 20. The van der Waals surface area contributed by atoms with Gasteiger partial charge in [-0.2, -0.15) is 0 Å². The summed E-state index contributed by atoms with van der Waals surface area (Å²) in [6.45, 7) is 29.3. The average molecular weight is 1870 g/mol. The summed E-state index contributed by atoms with van der Waals surface area (Å²) in [5, 5.41) is 81.5. The number of hydrogen-bond acceptors (Lipinski definition) is 23. The lowest BCUT2D eigenvalue weighted by molar-refractivity contribution is -0.202. The standard InChI is InChI=1S/C30H44N2O6.C30H46N2O4.C28H44N2O3.C24H33NO3/c1-16-24(31)25(34)26(35)27(38-16)32-19-8-11-28(2)18(14-19)5-6-22-21(28)9-12-29(3)20(10-13-30(22,29)36)17-4-7-23(33)37-15-17;1-28-10-7-23(31-13-14-32-15-17-35-18-16-32)19-22(28)4-5-26-25(28)8-11-29(2)24(9-12-30(26,29)34)21-3-6-27(33)36-20-21;1-26-12-9-21(29-15-16-30(3)4)17-20(26)6-7-24-23(26)10-13-27(2)22(11-14-28(24,27)32)19-5-8-25(31)33-18-19;1-22-10-7-17(25)13-16(22)4-5-20-19(22)8-11-23(2)18(9-12-24(20,23)27)15-3-6-21(26)28-14-15/h4,7,14-16,19-22,24-27,32,34-36H,5-6,8-13,31H2,1-3H3;3,6,20,22-26,31,34H,4-5,7-19H2,1-2H3;5,8,18,20-24,29,32H,6-7,9-17H2,1-4H3;3,6,13-14,17-20,27H,4-5,7-12,25H2,1-2H3/t16-,19?,20+,21-,22+,24-,25+,26+,27+,28-,29+,30-;22?,23?,24-,25+,26-,28+,29-,30+;20?,21?,22-,23+,24-,26+,27-,28+;17?,18-,19+,20-,22+,23-,24+/m0111/s1. The normalized spacial score (nSPS) is 47.1. The Hall–Kier alpha value is -5.32. The van der Waals surface area contributed by atoms with Crippen LogP contribution >= 0.6 is 0 Å². The third kappa shape index (κ3) is 16.8. The van der Waals surface area contributed by atoms with Gasteiger partial charge in [-0.25, -0.2) is 19.2 Å². The van der Waals surface area contributed by atoms with Crippen LogP contribution in [0.5, 0.6) is 0 Å². The van der Waals surface area contributed by atoms with Crippen LogP contribution in [0.4, 0.5) is 0 Å². The van der Waals surface area contributed by atoms with Crippen LogP contribution < -0.4 is 49.9 Å². The molecule has 23 heteroatoms. The lowest BCUT2D eigenvalue weighted by atomic mass is 9.43. The molecule has 4 aromatic rings. The molecule has 23 nitrogen and oxygen atoms in total. The lowest BCUT2D eigenvalue weighted by Gasteiger charge is -2.64. The molecule has 0 bridgehead atoms. The molecule has 16 aliphatic carbocycles. The van der Waals surface area contributed by atoms with E-state index in [1.807, 2.05) is 31.2 Å². The Balaban J connectivity index is 0.000000116. The van der Waals surface area contributed by atoms with Gasteiger partial charge in [-0.1, -0.05) is 78.7 Å². The molecule has 746 valence electrons. The first-order valence-corrected chi connectivity index (χ1v) is 53.6. The van der Waals surface area contributed by atoms with Crippen molar-refractivity contribution >= 4 is 0 Å². The maximum Gasteiger partial charge on any atom is 0.335 e. The van der Waals surface area contributed by atoms with Crippen LogP contribution in [0.25, 0.3) is 0 Å². The first kappa shape index (κ1) is 98.5. The first-order valence-electron chi connectivity index (χ1n) is 53.6. The second kappa shape index (κ2) is 37.4. The fourth-order valence-corrected chi connectivity index (χ4v) is 36.0. The number of nitrogens with two attached hydrogens (primary N) is 2. The summed E-state index contributed by atoms with van der Waals surface area (Å²) in [7, 11) is 4.29. The highest BCUT2D eigenvalue weighted by atomic mass is 16.5. The molecule has 13 N–H and O–H groups in total. The summed E-state index contributed by atoms with van der Waals surface area (Å²) in [6, 6.07) is 14.7. The Morgan fingerprint density at radius 1 is 0.422 bits per heavy atom. The molecular formula is C112H167N7O16. The van der Waals surface area contributed by atoms with E-state index in [2.05, 4.69) is 107 Å². The highest BCUT2D eigenvalue weighted by molar-refractivity contribution is 5.36. The van der Waals surface area contributed by atoms with E-state index in [0.29, 0.717) is 64.3 Å². The molecule has 6 heterocycles. The Morgan fingerprint density at radius 3 is 1.21 bits per heavy atom. The molecule has 0 radical (unpaired) electrons. The topological polar surface area (TPSA) is 355 Å². The predicted molar refractivity (Wildman–Crippen MR) is 522 cm³/mol. The number of aliphatic hydroxyl groups is 6. The van der Waals surface area contributed by atoms with Crippen LogP contribution in [0.2, 0.25) is 0 Å². The molecule has 2 aliphatic heterocycles. The van der Waals surface area contributed by atoms with Crippen molar-refractivity contribution in [3.8, 4) is 0 Å². The molecule has 22 rings (SSSR count). The van der Waals surface area contributed by atoms with E-state index in [1.54, 1.807) is 42.8 Å². The fourth-order valence-electron chi connectivity index (χ4n) is 36.0. The summed E-state index contributed by atoms with van der Waals surface area (Å²) < 4.78 is 32.3. The predicted octanol–water partition coefficient (Wildman–Crippen LogP) is 15.3. The molecule has 6 unspecified atom stereocenters. The quantitative estimate of drug-likeness (QED) is 0.0522. The number of morpholine rings is 1. The molecular weight excluding hydrogens is 1700 g/mol. The number of nitrogens with zero attached hydrogens (tertiary/aromatic N) is 2. The van der Waals surface area contributed by atoms with Gasteiger partial charge in [0, 0.05) is 109 Å². The lowest BCUT2D eigenvalue weighted by Crippen LogP contribution is -2.65. The smallest absolute Gasteiger partial charge is 0.335 e. The number of rotatable bonds is 14. The van der Waals surface area contributed by atoms with Crippen molar-refractivity contribution in [1.29, 1.82) is 0 Å². The number of allylic oxidation sites excluding steroid dienone is 2. The van der Waals surface area contributed by atoms with Crippen LogP contribution in [0.1, 0.15) is 327 Å². The average Bonchev–Trinajstić information content (AvgIpc) is 1.28. The summed E-state index contributed by atoms with van der Waals surface area (Å²) in [6.07, 6.45) is 44.9. The highest BCUT2D eigenvalue weighted by Gasteiger charge is 2.73. The van der Waals surface area contributed by atoms with Crippen LogP contribution in [-0.4, -0.2) is 184 Å². The van der Waals surface area contributed by atoms with Gasteiger partial charge in [-0.15, -0.1) is 0 Å². The van der Waals surface area contributed by atoms with Crippen molar-refractivity contribution in [3.05, 3.63) is 161 Å². The van der Waals surface area contributed by atoms with E-state index in [1.165, 1.54) is 88.3 Å². The highest BCUT2D eigenvalue weighted by Crippen LogP contribution is 2.76. The largest absolute Gasteiger partial charge is 0.431 e. The Labute approximate surface area is 801 Å². The fraction of sp³-hybridized carbons (Fsp3) is 0.786. The summed E-state index contributed by atoms with van der Waals surface area (Å²) in [5.74, 6) is 6.14. The molecule has 18 aliphatic rings. The monoisotopic (exact) mass is 1870 g/mol. The zero-order chi connectivity index (χ0) is 95.2. The molecule has 14 saturated carbocycles. The van der Waals surface area contributed by atoms with Crippen molar-refractivity contribution in [1.82, 2.24) is 25.8 Å². The minimum absolute atomic E-state index is 0.0387. The number of ether oxygens (including phenoxy) is 2. The van der Waals surface area contributed by atoms with Crippen LogP contribution in [0, 0.1) is 102 Å². The maximum atomic E-state index is 12.4. The van der Waals surface area contributed by atoms with Crippen molar-refractivity contribution in [2.45, 2.75) is 381 Å². The minimum Gasteiger partial charge on any atom is -0.431 e. The Kier molecular flexibility index (Phi) is 27.3. The van der Waals surface area contributed by atoms with Crippen LogP contribution in [-0.2, 0) is 9.47 Å². The zero-order valence-corrected chi connectivity index (χ0v) is 83.4.